The summed E-state index contributed by atoms with van der Waals surface area (Å²) in [6, 6.07) is 2.39. The van der Waals surface area contributed by atoms with Gasteiger partial charge in [0, 0.05) is 0 Å². The largest absolute Gasteiger partial charge is 0.507 e. The fourth-order valence-electron chi connectivity index (χ4n) is 3.20. The Hall–Kier alpha value is -1.88. The average Bonchev–Trinajstić information content (AvgIpc) is 2.41. The van der Waals surface area contributed by atoms with Gasteiger partial charge in [-0.05, 0) is 54.0 Å². The maximum atomic E-state index is 11.3. The van der Waals surface area contributed by atoms with Gasteiger partial charge in [-0.25, -0.2) is 0 Å². The van der Waals surface area contributed by atoms with E-state index in [1.807, 2.05) is 0 Å². The first kappa shape index (κ1) is 17.0. The van der Waals surface area contributed by atoms with E-state index in [0.717, 1.165) is 6.07 Å². The lowest BCUT2D eigenvalue weighted by molar-refractivity contribution is 0.369. The highest BCUT2D eigenvalue weighted by Crippen LogP contribution is 2.40. The van der Waals surface area contributed by atoms with Crippen molar-refractivity contribution in [2.75, 3.05) is 0 Å². The average molecular weight is 374 g/mol. The van der Waals surface area contributed by atoms with Crippen LogP contribution in [0.15, 0.2) is 39.8 Å². The zero-order valence-corrected chi connectivity index (χ0v) is 13.7. The molecule has 0 bridgehead atoms. The predicted molar refractivity (Wildman–Crippen MR) is 82.7 cm³/mol. The van der Waals surface area contributed by atoms with Crippen molar-refractivity contribution in [2.45, 2.75) is 17.7 Å². The summed E-state index contributed by atoms with van der Waals surface area (Å²) >= 11 is 0. The lowest BCUT2D eigenvalue weighted by Crippen LogP contribution is -2.27. The van der Waals surface area contributed by atoms with Crippen molar-refractivity contribution in [1.29, 1.82) is 0 Å². The molecule has 4 N–H and O–H groups in total. The molecular weight excluding hydrogens is 360 g/mol. The van der Waals surface area contributed by atoms with Gasteiger partial charge in [0.25, 0.3) is 20.2 Å². The van der Waals surface area contributed by atoms with Gasteiger partial charge >= 0.3 is 0 Å². The molecule has 10 heteroatoms. The number of phenolic OH excluding ortho intramolecular Hbond substituents is 1. The Balaban J connectivity index is 2.07. The lowest BCUT2D eigenvalue weighted by Gasteiger charge is -2.32. The van der Waals surface area contributed by atoms with E-state index in [4.69, 9.17) is 9.11 Å². The normalized spacial score (nSPS) is 23.8. The second-order valence-corrected chi connectivity index (χ2v) is 8.64. The molecule has 2 aliphatic carbocycles. The van der Waals surface area contributed by atoms with Crippen molar-refractivity contribution in [3.8, 4) is 5.75 Å². The van der Waals surface area contributed by atoms with Crippen LogP contribution in [-0.2, 0) is 33.1 Å². The first-order chi connectivity index (χ1) is 11.0. The van der Waals surface area contributed by atoms with Crippen LogP contribution in [-0.4, -0.2) is 36.2 Å². The van der Waals surface area contributed by atoms with E-state index in [9.17, 15) is 27.0 Å². The van der Waals surface area contributed by atoms with E-state index < -0.39 is 41.5 Å². The Morgan fingerprint density at radius 3 is 1.92 bits per heavy atom. The van der Waals surface area contributed by atoms with Crippen molar-refractivity contribution < 1.29 is 36.2 Å². The molecule has 0 fully saturated rings. The van der Waals surface area contributed by atoms with Crippen LogP contribution < -0.4 is 0 Å². The minimum absolute atomic E-state index is 0.228. The molecule has 0 heterocycles. The monoisotopic (exact) mass is 374 g/mol. The highest BCUT2D eigenvalue weighted by Gasteiger charge is 2.34. The molecule has 3 rings (SSSR count). The number of fused-ring (bicyclic) bond motifs is 2. The van der Waals surface area contributed by atoms with Crippen molar-refractivity contribution in [3.63, 3.8) is 0 Å². The van der Waals surface area contributed by atoms with E-state index >= 15 is 0 Å². The Labute approximate surface area is 138 Å². The number of rotatable bonds is 2. The van der Waals surface area contributed by atoms with Crippen LogP contribution in [0.25, 0.3) is 0 Å². The fraction of sp³-hybridized carbons (Fsp3) is 0.286. The van der Waals surface area contributed by atoms with Crippen LogP contribution in [0.4, 0.5) is 0 Å². The zero-order valence-electron chi connectivity index (χ0n) is 12.1. The summed E-state index contributed by atoms with van der Waals surface area (Å²) in [6.07, 6.45) is 3.12. The summed E-state index contributed by atoms with van der Waals surface area (Å²) < 4.78 is 63.4. The molecule has 0 aliphatic heterocycles. The number of phenols is 1. The van der Waals surface area contributed by atoms with Crippen molar-refractivity contribution in [2.24, 2.45) is 11.8 Å². The first-order valence-electron chi connectivity index (χ1n) is 6.89. The second kappa shape index (κ2) is 5.31. The molecule has 0 aromatic heterocycles. The number of aliphatic hydroxyl groups excluding tert-OH is 1. The number of allylic oxidation sites excluding steroid dienone is 2. The second-order valence-electron chi connectivity index (χ2n) is 5.86. The van der Waals surface area contributed by atoms with Gasteiger partial charge in [0.15, 0.2) is 0 Å². The Bertz CT molecular complexity index is 986. The molecule has 1 aromatic carbocycles. The van der Waals surface area contributed by atoms with Crippen molar-refractivity contribution >= 4 is 20.2 Å². The van der Waals surface area contributed by atoms with Gasteiger partial charge in [-0.1, -0.05) is 6.08 Å². The van der Waals surface area contributed by atoms with E-state index in [1.165, 1.54) is 18.2 Å². The lowest BCUT2D eigenvalue weighted by atomic mass is 9.74. The Morgan fingerprint density at radius 1 is 0.833 bits per heavy atom. The molecule has 0 amide bonds. The highest BCUT2D eigenvalue weighted by atomic mass is 32.2. The smallest absolute Gasteiger partial charge is 0.298 e. The molecule has 2 atom stereocenters. The molecule has 8 nitrogen and oxygen atoms in total. The molecule has 0 unspecified atom stereocenters. The van der Waals surface area contributed by atoms with Crippen molar-refractivity contribution in [3.05, 3.63) is 46.1 Å². The van der Waals surface area contributed by atoms with Crippen LogP contribution in [0.2, 0.25) is 0 Å². The van der Waals surface area contributed by atoms with E-state index in [1.54, 1.807) is 0 Å². The molecule has 2 aliphatic rings. The topological polar surface area (TPSA) is 149 Å². The molecule has 0 saturated carbocycles. The predicted octanol–water partition coefficient (Wildman–Crippen LogP) is 1.20. The summed E-state index contributed by atoms with van der Waals surface area (Å²) in [6.45, 7) is 0. The number of aromatic hydroxyl groups is 1. The van der Waals surface area contributed by atoms with Crippen LogP contribution in [0.5, 0.6) is 5.75 Å². The Kier molecular flexibility index (Phi) is 3.75. The van der Waals surface area contributed by atoms with Crippen molar-refractivity contribution in [1.82, 2.24) is 0 Å². The van der Waals surface area contributed by atoms with E-state index in [2.05, 4.69) is 0 Å². The fourth-order valence-corrected chi connectivity index (χ4v) is 4.49. The van der Waals surface area contributed by atoms with Crippen LogP contribution in [0, 0.1) is 11.8 Å². The third-order valence-electron chi connectivity index (χ3n) is 4.29. The van der Waals surface area contributed by atoms with Gasteiger partial charge in [-0.15, -0.1) is 0 Å². The summed E-state index contributed by atoms with van der Waals surface area (Å²) in [5, 5.41) is 19.6. The minimum atomic E-state index is -4.59. The van der Waals surface area contributed by atoms with Gasteiger partial charge in [0.1, 0.15) is 21.3 Å². The quantitative estimate of drug-likeness (QED) is 0.564. The SMILES string of the molecule is O=S(=O)(O)C1=C[C@@H]2Cc3cc(S(=O)(=O)O)c(O)cc3C[C@@H]2C=C1O. The van der Waals surface area contributed by atoms with Gasteiger partial charge < -0.3 is 10.2 Å². The molecule has 0 radical (unpaired) electrons. The third kappa shape index (κ3) is 2.93. The van der Waals surface area contributed by atoms with Gasteiger partial charge in [-0.2, -0.15) is 16.8 Å². The van der Waals surface area contributed by atoms with Crippen LogP contribution >= 0.6 is 0 Å². The summed E-state index contributed by atoms with van der Waals surface area (Å²) in [7, 11) is -9.17. The molecule has 130 valence electrons. The number of benzene rings is 1. The Morgan fingerprint density at radius 2 is 1.38 bits per heavy atom. The van der Waals surface area contributed by atoms with E-state index in [-0.39, 0.29) is 18.3 Å². The zero-order chi connectivity index (χ0) is 17.9. The highest BCUT2D eigenvalue weighted by molar-refractivity contribution is 7.90. The number of hydrogen-bond donors (Lipinski definition) is 4. The first-order valence-corrected chi connectivity index (χ1v) is 9.77. The van der Waals surface area contributed by atoms with Gasteiger partial charge in [0.05, 0.1) is 0 Å². The summed E-state index contributed by atoms with van der Waals surface area (Å²) in [5.74, 6) is -1.77. The van der Waals surface area contributed by atoms with Gasteiger partial charge in [-0.3, -0.25) is 9.11 Å². The number of aliphatic hydroxyl groups is 1. The van der Waals surface area contributed by atoms with Crippen LogP contribution in [0.3, 0.4) is 0 Å². The molecular formula is C14H14O8S2. The minimum Gasteiger partial charge on any atom is -0.507 e. The summed E-state index contributed by atoms with van der Waals surface area (Å²) in [4.78, 5) is -1.20. The van der Waals surface area contributed by atoms with Gasteiger partial charge in [0.2, 0.25) is 0 Å². The third-order valence-corrected chi connectivity index (χ3v) is 6.07. The molecule has 0 spiro atoms. The molecule has 24 heavy (non-hydrogen) atoms. The maximum Gasteiger partial charge on any atom is 0.298 e. The summed E-state index contributed by atoms with van der Waals surface area (Å²) in [5.41, 5.74) is 1.16. The van der Waals surface area contributed by atoms with E-state index in [0.29, 0.717) is 17.5 Å². The molecule has 0 saturated heterocycles. The maximum absolute atomic E-state index is 11.3. The van der Waals surface area contributed by atoms with Crippen LogP contribution in [0.1, 0.15) is 11.1 Å². The number of hydrogen-bond acceptors (Lipinski definition) is 6. The molecule has 1 aromatic rings. The standard InChI is InChI=1S/C14H14O8S2/c15-11-3-7-1-8-4-12(16)14(24(20,21)22)6-10(8)2-9(7)5-13(11)23(17,18)19/h3-7,9,15-16H,1-2H2,(H,17,18,19)(H,20,21,22)/t7-,9+/m1/s1.